The maximum absolute atomic E-state index is 13.3. The van der Waals surface area contributed by atoms with Gasteiger partial charge in [-0.1, -0.05) is 12.1 Å². The average Bonchev–Trinajstić information content (AvgIpc) is 2.22. The van der Waals surface area contributed by atoms with Crippen LogP contribution in [0.1, 0.15) is 31.4 Å². The molecule has 0 aliphatic carbocycles. The van der Waals surface area contributed by atoms with E-state index in [0.29, 0.717) is 12.8 Å². The Morgan fingerprint density at radius 2 is 2.13 bits per heavy atom. The molecule has 0 radical (unpaired) electrons. The molecule has 0 saturated heterocycles. The van der Waals surface area contributed by atoms with E-state index in [1.165, 1.54) is 12.1 Å². The molecule has 1 aromatic carbocycles. The highest BCUT2D eigenvalue weighted by Crippen LogP contribution is 2.20. The second-order valence-electron chi connectivity index (χ2n) is 3.21. The maximum atomic E-state index is 13.3. The van der Waals surface area contributed by atoms with Crippen molar-refractivity contribution in [2.75, 3.05) is 0 Å². The number of hydrogen-bond donors (Lipinski definition) is 1. The zero-order chi connectivity index (χ0) is 11.3. The molecule has 0 spiro atoms. The predicted octanol–water partition coefficient (Wildman–Crippen LogP) is 2.77. The minimum Gasteiger partial charge on any atom is -0.324 e. The van der Waals surface area contributed by atoms with Crippen LogP contribution in [-0.4, -0.2) is 0 Å². The molecule has 1 aromatic rings. The highest BCUT2D eigenvalue weighted by Gasteiger charge is 2.13. The zero-order valence-electron chi connectivity index (χ0n) is 8.56. The molecule has 1 rings (SSSR count). The summed E-state index contributed by atoms with van der Waals surface area (Å²) in [7, 11) is 0. The first kappa shape index (κ1) is 11.7. The Morgan fingerprint density at radius 3 is 2.80 bits per heavy atom. The van der Waals surface area contributed by atoms with Crippen molar-refractivity contribution < 1.29 is 8.78 Å². The monoisotopic (exact) mass is 209 g/mol. The highest BCUT2D eigenvalue weighted by molar-refractivity contribution is 5.22. The van der Waals surface area contributed by atoms with Crippen LogP contribution in [-0.2, 0) is 0 Å². The molecule has 0 aliphatic heterocycles. The molecule has 1 nitrogen and oxygen atoms in total. The van der Waals surface area contributed by atoms with Gasteiger partial charge in [0.15, 0.2) is 11.6 Å². The summed E-state index contributed by atoms with van der Waals surface area (Å²) in [5, 5.41) is 0. The van der Waals surface area contributed by atoms with E-state index in [1.54, 1.807) is 6.92 Å². The minimum atomic E-state index is -0.857. The number of rotatable bonds is 3. The first-order valence-electron chi connectivity index (χ1n) is 4.76. The summed E-state index contributed by atoms with van der Waals surface area (Å²) in [6.07, 6.45) is 1.12. The van der Waals surface area contributed by atoms with Crippen molar-refractivity contribution in [2.24, 2.45) is 5.73 Å². The van der Waals surface area contributed by atoms with Crippen LogP contribution in [0.4, 0.5) is 8.78 Å². The van der Waals surface area contributed by atoms with Crippen LogP contribution in [0.5, 0.6) is 0 Å². The summed E-state index contributed by atoms with van der Waals surface area (Å²) < 4.78 is 26.1. The van der Waals surface area contributed by atoms with E-state index in [-0.39, 0.29) is 5.56 Å². The van der Waals surface area contributed by atoms with Gasteiger partial charge < -0.3 is 5.73 Å². The van der Waals surface area contributed by atoms with Crippen LogP contribution in [0.15, 0.2) is 18.2 Å². The van der Waals surface area contributed by atoms with Crippen molar-refractivity contribution in [3.05, 3.63) is 35.4 Å². The van der Waals surface area contributed by atoms with Crippen molar-refractivity contribution in [1.82, 2.24) is 0 Å². The Hall–Kier alpha value is -1.40. The van der Waals surface area contributed by atoms with Crippen molar-refractivity contribution in [3.63, 3.8) is 0 Å². The van der Waals surface area contributed by atoms with E-state index in [4.69, 9.17) is 5.73 Å². The molecule has 0 aliphatic rings. The predicted molar refractivity (Wildman–Crippen MR) is 56.0 cm³/mol. The van der Waals surface area contributed by atoms with Crippen LogP contribution < -0.4 is 5.73 Å². The summed E-state index contributed by atoms with van der Waals surface area (Å²) in [5.41, 5.74) is 5.95. The molecule has 15 heavy (non-hydrogen) atoms. The van der Waals surface area contributed by atoms with E-state index >= 15 is 0 Å². The van der Waals surface area contributed by atoms with E-state index < -0.39 is 17.7 Å². The van der Waals surface area contributed by atoms with Crippen molar-refractivity contribution in [2.45, 2.75) is 25.8 Å². The van der Waals surface area contributed by atoms with E-state index in [1.807, 2.05) is 0 Å². The van der Waals surface area contributed by atoms with Gasteiger partial charge >= 0.3 is 0 Å². The number of benzene rings is 1. The highest BCUT2D eigenvalue weighted by atomic mass is 19.2. The number of hydrogen-bond acceptors (Lipinski definition) is 1. The van der Waals surface area contributed by atoms with Crippen molar-refractivity contribution in [1.29, 1.82) is 0 Å². The quantitative estimate of drug-likeness (QED) is 0.761. The van der Waals surface area contributed by atoms with Gasteiger partial charge in [-0.15, -0.1) is 11.8 Å². The summed E-state index contributed by atoms with van der Waals surface area (Å²) in [6, 6.07) is 3.54. The van der Waals surface area contributed by atoms with Gasteiger partial charge in [0.05, 0.1) is 0 Å². The summed E-state index contributed by atoms with van der Waals surface area (Å²) >= 11 is 0. The summed E-state index contributed by atoms with van der Waals surface area (Å²) in [5.74, 6) is 3.85. The summed E-state index contributed by atoms with van der Waals surface area (Å²) in [4.78, 5) is 0. The molecule has 0 fully saturated rings. The van der Waals surface area contributed by atoms with Gasteiger partial charge in [0.1, 0.15) is 0 Å². The fraction of sp³-hybridized carbons (Fsp3) is 0.333. The number of halogens is 2. The Morgan fingerprint density at radius 1 is 1.40 bits per heavy atom. The second kappa shape index (κ2) is 5.47. The van der Waals surface area contributed by atoms with Crippen molar-refractivity contribution in [3.8, 4) is 11.8 Å². The molecule has 2 N–H and O–H groups in total. The van der Waals surface area contributed by atoms with E-state index in [0.717, 1.165) is 6.07 Å². The molecular weight excluding hydrogens is 196 g/mol. The van der Waals surface area contributed by atoms with Crippen molar-refractivity contribution >= 4 is 0 Å². The van der Waals surface area contributed by atoms with Crippen LogP contribution in [0.3, 0.4) is 0 Å². The normalized spacial score (nSPS) is 11.7. The molecule has 0 bridgehead atoms. The first-order chi connectivity index (χ1) is 7.16. The molecule has 0 aromatic heterocycles. The lowest BCUT2D eigenvalue weighted by Gasteiger charge is -2.11. The SMILES string of the molecule is CC#CCCC(N)c1cccc(F)c1F. The van der Waals surface area contributed by atoms with E-state index in [9.17, 15) is 8.78 Å². The molecule has 3 heteroatoms. The largest absolute Gasteiger partial charge is 0.324 e. The molecule has 1 unspecified atom stereocenters. The Kier molecular flexibility index (Phi) is 4.26. The second-order valence-corrected chi connectivity index (χ2v) is 3.21. The van der Waals surface area contributed by atoms with Crippen LogP contribution >= 0.6 is 0 Å². The van der Waals surface area contributed by atoms with Gasteiger partial charge in [-0.25, -0.2) is 8.78 Å². The fourth-order valence-corrected chi connectivity index (χ4v) is 1.32. The fourth-order valence-electron chi connectivity index (χ4n) is 1.32. The van der Waals surface area contributed by atoms with Gasteiger partial charge in [-0.2, -0.15) is 0 Å². The molecule has 1 atom stereocenters. The Balaban J connectivity index is 2.76. The number of nitrogens with two attached hydrogens (primary N) is 1. The summed E-state index contributed by atoms with van der Waals surface area (Å²) in [6.45, 7) is 1.73. The first-order valence-corrected chi connectivity index (χ1v) is 4.76. The third-order valence-corrected chi connectivity index (χ3v) is 2.14. The molecule has 0 heterocycles. The van der Waals surface area contributed by atoms with Gasteiger partial charge in [0.2, 0.25) is 0 Å². The third kappa shape index (κ3) is 3.03. The molecule has 0 amide bonds. The smallest absolute Gasteiger partial charge is 0.163 e. The lowest BCUT2D eigenvalue weighted by atomic mass is 10.0. The van der Waals surface area contributed by atoms with Gasteiger partial charge in [-0.05, 0) is 19.4 Å². The van der Waals surface area contributed by atoms with Gasteiger partial charge in [-0.3, -0.25) is 0 Å². The topological polar surface area (TPSA) is 26.0 Å². The standard InChI is InChI=1S/C12H13F2N/c1-2-3-4-8-11(15)9-6-5-7-10(13)12(9)14/h5-7,11H,4,8,15H2,1H3. The Bertz CT molecular complexity index is 390. The zero-order valence-corrected chi connectivity index (χ0v) is 8.56. The third-order valence-electron chi connectivity index (χ3n) is 2.14. The molecule has 80 valence electrons. The van der Waals surface area contributed by atoms with Crippen LogP contribution in [0.25, 0.3) is 0 Å². The van der Waals surface area contributed by atoms with Gasteiger partial charge in [0.25, 0.3) is 0 Å². The lowest BCUT2D eigenvalue weighted by molar-refractivity contribution is 0.484. The maximum Gasteiger partial charge on any atom is 0.163 e. The Labute approximate surface area is 88.3 Å². The van der Waals surface area contributed by atoms with Crippen LogP contribution in [0.2, 0.25) is 0 Å². The van der Waals surface area contributed by atoms with Gasteiger partial charge in [0, 0.05) is 18.0 Å². The van der Waals surface area contributed by atoms with Crippen LogP contribution in [0, 0.1) is 23.5 Å². The molecule has 0 saturated carbocycles. The lowest BCUT2D eigenvalue weighted by Crippen LogP contribution is -2.12. The minimum absolute atomic E-state index is 0.216. The molecular formula is C12H13F2N. The average molecular weight is 209 g/mol. The van der Waals surface area contributed by atoms with E-state index in [2.05, 4.69) is 11.8 Å².